The molecule has 1 N–H and O–H groups in total. The van der Waals surface area contributed by atoms with E-state index in [9.17, 15) is 13.6 Å². The van der Waals surface area contributed by atoms with Gasteiger partial charge in [-0.1, -0.05) is 11.6 Å². The molecule has 0 atom stereocenters. The summed E-state index contributed by atoms with van der Waals surface area (Å²) in [5, 5.41) is 3.29. The first kappa shape index (κ1) is 15.5. The van der Waals surface area contributed by atoms with E-state index in [-0.39, 0.29) is 10.7 Å². The first-order chi connectivity index (χ1) is 10.9. The van der Waals surface area contributed by atoms with Gasteiger partial charge < -0.3 is 9.88 Å². The molecule has 0 spiro atoms. The SMILES string of the molecule is Cc1cc(Cl)c(NC(=O)c2cn(C)c3ccc(F)cc23)cc1F. The van der Waals surface area contributed by atoms with Gasteiger partial charge >= 0.3 is 0 Å². The second-order valence-corrected chi connectivity index (χ2v) is 5.76. The molecule has 0 radical (unpaired) electrons. The summed E-state index contributed by atoms with van der Waals surface area (Å²) in [7, 11) is 1.76. The molecule has 0 aliphatic heterocycles. The topological polar surface area (TPSA) is 34.0 Å². The van der Waals surface area contributed by atoms with Crippen LogP contribution in [0.25, 0.3) is 10.9 Å². The number of aryl methyl sites for hydroxylation is 2. The van der Waals surface area contributed by atoms with Crippen molar-refractivity contribution in [3.8, 4) is 0 Å². The van der Waals surface area contributed by atoms with Gasteiger partial charge in [0.15, 0.2) is 0 Å². The molecule has 1 amide bonds. The van der Waals surface area contributed by atoms with Crippen molar-refractivity contribution in [1.82, 2.24) is 4.57 Å². The van der Waals surface area contributed by atoms with Crippen LogP contribution in [0.3, 0.4) is 0 Å². The van der Waals surface area contributed by atoms with E-state index in [0.29, 0.717) is 16.5 Å². The predicted molar refractivity (Wildman–Crippen MR) is 87.0 cm³/mol. The third-order valence-corrected chi connectivity index (χ3v) is 4.01. The van der Waals surface area contributed by atoms with Crippen LogP contribution in [0.15, 0.2) is 36.5 Å². The van der Waals surface area contributed by atoms with Crippen LogP contribution in [0.2, 0.25) is 5.02 Å². The summed E-state index contributed by atoms with van der Waals surface area (Å²) in [5.74, 6) is -1.38. The number of hydrogen-bond acceptors (Lipinski definition) is 1. The molecule has 1 aromatic heterocycles. The lowest BCUT2D eigenvalue weighted by Crippen LogP contribution is -2.12. The highest BCUT2D eigenvalue weighted by Gasteiger charge is 2.16. The molecule has 0 aliphatic carbocycles. The van der Waals surface area contributed by atoms with Crippen molar-refractivity contribution in [2.24, 2.45) is 7.05 Å². The molecule has 0 bridgehead atoms. The Hall–Kier alpha value is -2.40. The molecule has 118 valence electrons. The third-order valence-electron chi connectivity index (χ3n) is 3.69. The fraction of sp³-hybridized carbons (Fsp3) is 0.118. The quantitative estimate of drug-likeness (QED) is 0.726. The minimum Gasteiger partial charge on any atom is -0.350 e. The number of carbonyl (C=O) groups excluding carboxylic acids is 1. The fourth-order valence-corrected chi connectivity index (χ4v) is 2.74. The zero-order valence-corrected chi connectivity index (χ0v) is 13.2. The van der Waals surface area contributed by atoms with Gasteiger partial charge in [-0.25, -0.2) is 8.78 Å². The molecule has 0 aliphatic rings. The van der Waals surface area contributed by atoms with E-state index in [4.69, 9.17) is 11.6 Å². The van der Waals surface area contributed by atoms with E-state index >= 15 is 0 Å². The number of halogens is 3. The Bertz CT molecular complexity index is 934. The Morgan fingerprint density at radius 1 is 1.22 bits per heavy atom. The van der Waals surface area contributed by atoms with Gasteiger partial charge in [-0.05, 0) is 42.8 Å². The Kier molecular flexibility index (Phi) is 3.82. The van der Waals surface area contributed by atoms with Gasteiger partial charge in [0.2, 0.25) is 0 Å². The van der Waals surface area contributed by atoms with E-state index in [1.54, 1.807) is 30.8 Å². The van der Waals surface area contributed by atoms with Crippen molar-refractivity contribution in [3.05, 3.63) is 64.3 Å². The van der Waals surface area contributed by atoms with Crippen LogP contribution < -0.4 is 5.32 Å². The smallest absolute Gasteiger partial charge is 0.257 e. The predicted octanol–water partition coefficient (Wildman–Crippen LogP) is 4.67. The highest BCUT2D eigenvalue weighted by atomic mass is 35.5. The summed E-state index contributed by atoms with van der Waals surface area (Å²) in [6, 6.07) is 6.83. The number of nitrogens with zero attached hydrogens (tertiary/aromatic N) is 1. The summed E-state index contributed by atoms with van der Waals surface area (Å²) < 4.78 is 28.8. The van der Waals surface area contributed by atoms with Gasteiger partial charge in [-0.15, -0.1) is 0 Å². The summed E-state index contributed by atoms with van der Waals surface area (Å²) in [5.41, 5.74) is 1.57. The first-order valence-electron chi connectivity index (χ1n) is 6.88. The second kappa shape index (κ2) is 5.66. The lowest BCUT2D eigenvalue weighted by atomic mass is 10.1. The number of benzene rings is 2. The number of nitrogens with one attached hydrogen (secondary N) is 1. The van der Waals surface area contributed by atoms with E-state index in [2.05, 4.69) is 5.32 Å². The highest BCUT2D eigenvalue weighted by Crippen LogP contribution is 2.27. The minimum absolute atomic E-state index is 0.174. The number of hydrogen-bond donors (Lipinski definition) is 1. The molecule has 3 rings (SSSR count). The molecule has 0 saturated heterocycles. The normalized spacial score (nSPS) is 11.0. The first-order valence-corrected chi connectivity index (χ1v) is 7.26. The average molecular weight is 335 g/mol. The molecule has 3 nitrogen and oxygen atoms in total. The standard InChI is InChI=1S/C17H13ClF2N2O/c1-9-5-13(18)15(7-14(9)20)21-17(23)12-8-22(2)16-4-3-10(19)6-11(12)16/h3-8H,1-2H3,(H,21,23). The van der Waals surface area contributed by atoms with Gasteiger partial charge in [0.05, 0.1) is 16.3 Å². The number of rotatable bonds is 2. The molecule has 2 aromatic carbocycles. The molecule has 6 heteroatoms. The molecular formula is C17H13ClF2N2O. The van der Waals surface area contributed by atoms with Gasteiger partial charge in [-0.2, -0.15) is 0 Å². The summed E-state index contributed by atoms with van der Waals surface area (Å²) in [6.07, 6.45) is 1.60. The maximum atomic E-state index is 13.7. The van der Waals surface area contributed by atoms with Crippen LogP contribution >= 0.6 is 11.6 Å². The second-order valence-electron chi connectivity index (χ2n) is 5.35. The van der Waals surface area contributed by atoms with Crippen LogP contribution in [0.1, 0.15) is 15.9 Å². The summed E-state index contributed by atoms with van der Waals surface area (Å²) >= 11 is 6.04. The molecule has 1 heterocycles. The molecule has 0 fully saturated rings. The van der Waals surface area contributed by atoms with Crippen molar-refractivity contribution in [1.29, 1.82) is 0 Å². The van der Waals surface area contributed by atoms with Gasteiger partial charge in [0.1, 0.15) is 11.6 Å². The Labute approximate surface area is 136 Å². The van der Waals surface area contributed by atoms with Crippen LogP contribution in [-0.4, -0.2) is 10.5 Å². The maximum absolute atomic E-state index is 13.7. The fourth-order valence-electron chi connectivity index (χ4n) is 2.48. The lowest BCUT2D eigenvalue weighted by Gasteiger charge is -2.08. The Balaban J connectivity index is 2.02. The zero-order valence-electron chi connectivity index (χ0n) is 12.5. The molecule has 3 aromatic rings. The molecule has 0 unspecified atom stereocenters. The average Bonchev–Trinajstić information content (AvgIpc) is 2.81. The van der Waals surface area contributed by atoms with Crippen LogP contribution in [-0.2, 0) is 7.05 Å². The Morgan fingerprint density at radius 2 is 1.96 bits per heavy atom. The zero-order chi connectivity index (χ0) is 16.7. The van der Waals surface area contributed by atoms with Crippen molar-refractivity contribution in [3.63, 3.8) is 0 Å². The Morgan fingerprint density at radius 3 is 2.70 bits per heavy atom. The molecule has 23 heavy (non-hydrogen) atoms. The summed E-state index contributed by atoms with van der Waals surface area (Å²) in [6.45, 7) is 1.58. The largest absolute Gasteiger partial charge is 0.350 e. The van der Waals surface area contributed by atoms with Gasteiger partial charge in [0, 0.05) is 24.1 Å². The van der Waals surface area contributed by atoms with Crippen LogP contribution in [0.4, 0.5) is 14.5 Å². The van der Waals surface area contributed by atoms with Crippen molar-refractivity contribution in [2.45, 2.75) is 6.92 Å². The van der Waals surface area contributed by atoms with E-state index in [1.807, 2.05) is 0 Å². The van der Waals surface area contributed by atoms with Crippen molar-refractivity contribution >= 4 is 34.1 Å². The molecular weight excluding hydrogens is 322 g/mol. The van der Waals surface area contributed by atoms with Crippen molar-refractivity contribution in [2.75, 3.05) is 5.32 Å². The lowest BCUT2D eigenvalue weighted by molar-refractivity contribution is 0.102. The minimum atomic E-state index is -0.480. The monoisotopic (exact) mass is 334 g/mol. The van der Waals surface area contributed by atoms with E-state index in [1.165, 1.54) is 24.3 Å². The summed E-state index contributed by atoms with van der Waals surface area (Å²) in [4.78, 5) is 12.5. The van der Waals surface area contributed by atoms with Crippen LogP contribution in [0.5, 0.6) is 0 Å². The van der Waals surface area contributed by atoms with Gasteiger partial charge in [-0.3, -0.25) is 4.79 Å². The highest BCUT2D eigenvalue weighted by molar-refractivity contribution is 6.34. The van der Waals surface area contributed by atoms with E-state index in [0.717, 1.165) is 5.52 Å². The van der Waals surface area contributed by atoms with Crippen LogP contribution in [0, 0.1) is 18.6 Å². The van der Waals surface area contributed by atoms with Gasteiger partial charge in [0.25, 0.3) is 5.91 Å². The number of aromatic nitrogens is 1. The number of carbonyl (C=O) groups is 1. The maximum Gasteiger partial charge on any atom is 0.257 e. The van der Waals surface area contributed by atoms with E-state index < -0.39 is 17.5 Å². The third kappa shape index (κ3) is 2.80. The number of anilines is 1. The number of amides is 1. The van der Waals surface area contributed by atoms with Crippen molar-refractivity contribution < 1.29 is 13.6 Å². The number of fused-ring (bicyclic) bond motifs is 1. The molecule has 0 saturated carbocycles.